The number of carbonyl (C=O) groups is 1. The number of benzene rings is 1. The van der Waals surface area contributed by atoms with Crippen molar-refractivity contribution in [3.05, 3.63) is 61.8 Å². The largest absolute Gasteiger partial charge is 0.277 e. The van der Waals surface area contributed by atoms with E-state index in [0.29, 0.717) is 5.56 Å². The van der Waals surface area contributed by atoms with Crippen LogP contribution in [0.25, 0.3) is 0 Å². The molecular formula is C13H10BrClN4O5S. The van der Waals surface area contributed by atoms with E-state index in [1.165, 1.54) is 30.3 Å². The molecule has 0 unspecified atom stereocenters. The van der Waals surface area contributed by atoms with Crippen LogP contribution < -0.4 is 10.3 Å². The Balaban J connectivity index is 1.98. The summed E-state index contributed by atoms with van der Waals surface area (Å²) in [4.78, 5) is 27.2. The molecule has 0 aliphatic carbocycles. The molecule has 0 aliphatic heterocycles. The monoisotopic (exact) mass is 448 g/mol. The number of hydrazine groups is 1. The SMILES string of the molecule is O=C(Cc1ccc([N+](=O)[O-])cc1)NNS(=O)(=O)c1cnc(Cl)c(Br)c1. The first-order valence-corrected chi connectivity index (χ1v) is 9.19. The van der Waals surface area contributed by atoms with E-state index in [1.807, 2.05) is 4.83 Å². The van der Waals surface area contributed by atoms with Crippen molar-refractivity contribution in [2.45, 2.75) is 11.3 Å². The third kappa shape index (κ3) is 5.19. The lowest BCUT2D eigenvalue weighted by molar-refractivity contribution is -0.384. The fourth-order valence-corrected chi connectivity index (χ4v) is 3.13. The molecule has 0 fully saturated rings. The Morgan fingerprint density at radius 3 is 2.52 bits per heavy atom. The number of sulfonamides is 1. The summed E-state index contributed by atoms with van der Waals surface area (Å²) in [5, 5.41) is 10.7. The Morgan fingerprint density at radius 2 is 1.96 bits per heavy atom. The van der Waals surface area contributed by atoms with Gasteiger partial charge in [-0.05, 0) is 27.6 Å². The van der Waals surface area contributed by atoms with Crippen molar-refractivity contribution in [3.63, 3.8) is 0 Å². The smallest absolute Gasteiger partial charge is 0.269 e. The van der Waals surface area contributed by atoms with E-state index >= 15 is 0 Å². The molecular weight excluding hydrogens is 440 g/mol. The molecule has 0 radical (unpaired) electrons. The van der Waals surface area contributed by atoms with Gasteiger partial charge in [0, 0.05) is 18.3 Å². The van der Waals surface area contributed by atoms with Gasteiger partial charge in [-0.3, -0.25) is 20.3 Å². The fraction of sp³-hybridized carbons (Fsp3) is 0.0769. The molecule has 2 aromatic rings. The number of pyridine rings is 1. The molecule has 0 saturated heterocycles. The zero-order valence-corrected chi connectivity index (χ0v) is 15.4. The lowest BCUT2D eigenvalue weighted by Crippen LogP contribution is -2.42. The number of hydrogen-bond acceptors (Lipinski definition) is 6. The number of halogens is 2. The van der Waals surface area contributed by atoms with Crippen LogP contribution in [0.1, 0.15) is 5.56 Å². The fourth-order valence-electron chi connectivity index (χ4n) is 1.70. The Labute approximate surface area is 155 Å². The number of non-ortho nitro benzene ring substituents is 1. The van der Waals surface area contributed by atoms with Gasteiger partial charge in [0.25, 0.3) is 15.7 Å². The van der Waals surface area contributed by atoms with Crippen LogP contribution in [0.4, 0.5) is 5.69 Å². The van der Waals surface area contributed by atoms with E-state index in [0.717, 1.165) is 6.20 Å². The first kappa shape index (κ1) is 19.2. The molecule has 2 N–H and O–H groups in total. The van der Waals surface area contributed by atoms with Gasteiger partial charge in [0.2, 0.25) is 5.91 Å². The quantitative estimate of drug-likeness (QED) is 0.394. The van der Waals surface area contributed by atoms with Gasteiger partial charge in [-0.25, -0.2) is 13.4 Å². The van der Waals surface area contributed by atoms with Crippen LogP contribution in [0, 0.1) is 10.1 Å². The first-order valence-electron chi connectivity index (χ1n) is 6.54. The molecule has 0 atom stereocenters. The Bertz CT molecular complexity index is 921. The highest BCUT2D eigenvalue weighted by atomic mass is 79.9. The second-order valence-electron chi connectivity index (χ2n) is 4.70. The Kier molecular flexibility index (Phi) is 6.06. The number of nitro benzene ring substituents is 1. The number of rotatable bonds is 6. The summed E-state index contributed by atoms with van der Waals surface area (Å²) in [6, 6.07) is 6.56. The Hall–Kier alpha value is -2.08. The van der Waals surface area contributed by atoms with Crippen molar-refractivity contribution in [3.8, 4) is 0 Å². The summed E-state index contributed by atoms with van der Waals surface area (Å²) in [5.41, 5.74) is 2.43. The minimum absolute atomic E-state index is 0.0983. The van der Waals surface area contributed by atoms with E-state index in [-0.39, 0.29) is 26.6 Å². The number of amides is 1. The van der Waals surface area contributed by atoms with Crippen molar-refractivity contribution in [2.75, 3.05) is 0 Å². The van der Waals surface area contributed by atoms with E-state index in [2.05, 4.69) is 26.3 Å². The minimum Gasteiger partial charge on any atom is -0.277 e. The van der Waals surface area contributed by atoms with Crippen molar-refractivity contribution in [2.24, 2.45) is 0 Å². The summed E-state index contributed by atoms with van der Waals surface area (Å²) < 4.78 is 24.4. The van der Waals surface area contributed by atoms with Crippen molar-refractivity contribution < 1.29 is 18.1 Å². The molecule has 0 aliphatic rings. The maximum Gasteiger partial charge on any atom is 0.269 e. The maximum absolute atomic E-state index is 12.1. The number of nitrogens with zero attached hydrogens (tertiary/aromatic N) is 2. The molecule has 1 aromatic carbocycles. The molecule has 2 rings (SSSR count). The van der Waals surface area contributed by atoms with Crippen LogP contribution in [0.15, 0.2) is 45.9 Å². The number of hydrogen-bond donors (Lipinski definition) is 2. The van der Waals surface area contributed by atoms with E-state index in [9.17, 15) is 23.3 Å². The number of carbonyl (C=O) groups excluding carboxylic acids is 1. The molecule has 0 spiro atoms. The zero-order valence-electron chi connectivity index (χ0n) is 12.3. The summed E-state index contributed by atoms with van der Waals surface area (Å²) in [5.74, 6) is -0.640. The summed E-state index contributed by atoms with van der Waals surface area (Å²) in [6.45, 7) is 0. The van der Waals surface area contributed by atoms with Crippen LogP contribution in [0.5, 0.6) is 0 Å². The number of nitro groups is 1. The number of nitrogens with one attached hydrogen (secondary N) is 2. The summed E-state index contributed by atoms with van der Waals surface area (Å²) >= 11 is 8.75. The lowest BCUT2D eigenvalue weighted by Gasteiger charge is -2.09. The highest BCUT2D eigenvalue weighted by Crippen LogP contribution is 2.22. The van der Waals surface area contributed by atoms with Crippen LogP contribution in [-0.2, 0) is 21.2 Å². The third-order valence-corrected chi connectivity index (χ3v) is 5.27. The first-order chi connectivity index (χ1) is 11.7. The third-order valence-electron chi connectivity index (χ3n) is 2.92. The van der Waals surface area contributed by atoms with Gasteiger partial charge < -0.3 is 0 Å². The van der Waals surface area contributed by atoms with Crippen molar-refractivity contribution >= 4 is 49.1 Å². The zero-order chi connectivity index (χ0) is 18.6. The average Bonchev–Trinajstić information content (AvgIpc) is 2.56. The van der Waals surface area contributed by atoms with Crippen molar-refractivity contribution in [1.29, 1.82) is 0 Å². The van der Waals surface area contributed by atoms with Gasteiger partial charge in [0.05, 0.1) is 15.8 Å². The Morgan fingerprint density at radius 1 is 1.32 bits per heavy atom. The highest BCUT2D eigenvalue weighted by Gasteiger charge is 2.17. The van der Waals surface area contributed by atoms with E-state index < -0.39 is 20.9 Å². The maximum atomic E-state index is 12.1. The van der Waals surface area contributed by atoms with Crippen LogP contribution in [0.2, 0.25) is 5.15 Å². The van der Waals surface area contributed by atoms with Gasteiger partial charge in [-0.2, -0.15) is 0 Å². The average molecular weight is 450 g/mol. The molecule has 0 saturated carbocycles. The molecule has 1 aromatic heterocycles. The predicted molar refractivity (Wildman–Crippen MR) is 92.2 cm³/mol. The molecule has 25 heavy (non-hydrogen) atoms. The highest BCUT2D eigenvalue weighted by molar-refractivity contribution is 9.10. The second-order valence-corrected chi connectivity index (χ2v) is 7.59. The molecule has 0 bridgehead atoms. The van der Waals surface area contributed by atoms with Gasteiger partial charge in [-0.1, -0.05) is 23.7 Å². The summed E-state index contributed by atoms with van der Waals surface area (Å²) in [6.07, 6.45) is 0.876. The van der Waals surface area contributed by atoms with E-state index in [4.69, 9.17) is 11.6 Å². The van der Waals surface area contributed by atoms with Gasteiger partial charge in [0.1, 0.15) is 10.0 Å². The molecule has 9 nitrogen and oxygen atoms in total. The van der Waals surface area contributed by atoms with Gasteiger partial charge >= 0.3 is 0 Å². The van der Waals surface area contributed by atoms with Crippen LogP contribution in [0.3, 0.4) is 0 Å². The summed E-state index contributed by atoms with van der Waals surface area (Å²) in [7, 11) is -4.03. The van der Waals surface area contributed by atoms with E-state index in [1.54, 1.807) is 0 Å². The standard InChI is InChI=1S/C13H10BrClN4O5S/c14-11-6-10(7-16-13(11)15)25(23,24)18-17-12(20)5-8-1-3-9(4-2-8)19(21)22/h1-4,6-7,18H,5H2,(H,17,20). The van der Waals surface area contributed by atoms with Crippen LogP contribution >= 0.6 is 27.5 Å². The molecule has 12 heteroatoms. The number of aromatic nitrogens is 1. The second kappa shape index (κ2) is 7.87. The van der Waals surface area contributed by atoms with Gasteiger partial charge in [0.15, 0.2) is 0 Å². The molecule has 132 valence electrons. The minimum atomic E-state index is -4.03. The van der Waals surface area contributed by atoms with Gasteiger partial charge in [-0.15, -0.1) is 4.83 Å². The lowest BCUT2D eigenvalue weighted by atomic mass is 10.1. The predicted octanol–water partition coefficient (Wildman–Crippen LogP) is 1.96. The molecule has 1 amide bonds. The van der Waals surface area contributed by atoms with Crippen molar-refractivity contribution in [1.82, 2.24) is 15.2 Å². The normalized spacial score (nSPS) is 11.1. The topological polar surface area (TPSA) is 131 Å². The molecule has 1 heterocycles. The van der Waals surface area contributed by atoms with Crippen LogP contribution in [-0.4, -0.2) is 24.2 Å².